The van der Waals surface area contributed by atoms with Gasteiger partial charge in [0, 0.05) is 18.3 Å². The Bertz CT molecular complexity index is 562. The molecule has 0 saturated carbocycles. The van der Waals surface area contributed by atoms with E-state index in [-0.39, 0.29) is 11.3 Å². The molecule has 0 saturated heterocycles. The molecule has 0 aliphatic carbocycles. The van der Waals surface area contributed by atoms with Gasteiger partial charge in [-0.3, -0.25) is 0 Å². The Hall–Kier alpha value is -1.33. The van der Waals surface area contributed by atoms with Crippen LogP contribution < -0.4 is 5.73 Å². The smallest absolute Gasteiger partial charge is 0.191 e. The van der Waals surface area contributed by atoms with E-state index in [0.717, 1.165) is 17.4 Å². The largest absolute Gasteiger partial charge is 0.323 e. The predicted molar refractivity (Wildman–Crippen MR) is 83.8 cm³/mol. The number of nitrogens with zero attached hydrogens (tertiary/aromatic N) is 3. The Morgan fingerprint density at radius 2 is 1.90 bits per heavy atom. The van der Waals surface area contributed by atoms with Crippen molar-refractivity contribution in [1.82, 2.24) is 14.8 Å². The summed E-state index contributed by atoms with van der Waals surface area (Å²) in [7, 11) is 1.98. The molecule has 4 nitrogen and oxygen atoms in total. The lowest BCUT2D eigenvalue weighted by atomic mass is 10.0. The van der Waals surface area contributed by atoms with E-state index in [0.29, 0.717) is 0 Å². The highest BCUT2D eigenvalue weighted by Crippen LogP contribution is 2.29. The van der Waals surface area contributed by atoms with E-state index in [1.54, 1.807) is 11.8 Å². The lowest BCUT2D eigenvalue weighted by Crippen LogP contribution is -2.21. The third-order valence-corrected chi connectivity index (χ3v) is 4.85. The fourth-order valence-corrected chi connectivity index (χ4v) is 2.99. The van der Waals surface area contributed by atoms with Crippen molar-refractivity contribution in [2.24, 2.45) is 12.8 Å². The van der Waals surface area contributed by atoms with Gasteiger partial charge in [-0.15, -0.1) is 10.2 Å². The molecule has 0 amide bonds. The molecule has 2 unspecified atom stereocenters. The normalized spacial score (nSPS) is 14.2. The van der Waals surface area contributed by atoms with Crippen molar-refractivity contribution in [1.29, 1.82) is 0 Å². The second-order valence-corrected chi connectivity index (χ2v) is 6.38. The highest BCUT2D eigenvalue weighted by atomic mass is 32.2. The van der Waals surface area contributed by atoms with Crippen molar-refractivity contribution in [2.45, 2.75) is 43.6 Å². The quantitative estimate of drug-likeness (QED) is 0.860. The summed E-state index contributed by atoms with van der Waals surface area (Å²) in [5, 5.41) is 9.41. The Balaban J connectivity index is 2.07. The Kier molecular flexibility index (Phi) is 4.83. The molecule has 2 aromatic rings. The first kappa shape index (κ1) is 15.1. The van der Waals surface area contributed by atoms with Gasteiger partial charge < -0.3 is 10.3 Å². The van der Waals surface area contributed by atoms with E-state index >= 15 is 0 Å². The summed E-state index contributed by atoms with van der Waals surface area (Å²) < 4.78 is 1.99. The number of benzene rings is 1. The minimum Gasteiger partial charge on any atom is -0.323 e. The lowest BCUT2D eigenvalue weighted by molar-refractivity contribution is 0.702. The van der Waals surface area contributed by atoms with Gasteiger partial charge >= 0.3 is 0 Å². The van der Waals surface area contributed by atoms with E-state index in [9.17, 15) is 0 Å². The zero-order valence-corrected chi connectivity index (χ0v) is 13.3. The van der Waals surface area contributed by atoms with Gasteiger partial charge in [0.1, 0.15) is 5.82 Å². The van der Waals surface area contributed by atoms with E-state index < -0.39 is 0 Å². The SMILES string of the molecule is CCc1ccc(C(N)C(C)Sc2nnc(C)n2C)cc1. The zero-order chi connectivity index (χ0) is 14.7. The second-order valence-electron chi connectivity index (χ2n) is 5.03. The zero-order valence-electron chi connectivity index (χ0n) is 12.5. The monoisotopic (exact) mass is 290 g/mol. The van der Waals surface area contributed by atoms with Crippen molar-refractivity contribution in [3.05, 3.63) is 41.2 Å². The molecule has 1 aromatic heterocycles. The van der Waals surface area contributed by atoms with Gasteiger partial charge in [-0.25, -0.2) is 0 Å². The third kappa shape index (κ3) is 3.22. The molecule has 0 radical (unpaired) electrons. The Labute approximate surface area is 124 Å². The Morgan fingerprint density at radius 3 is 2.40 bits per heavy atom. The summed E-state index contributed by atoms with van der Waals surface area (Å²) in [4.78, 5) is 0. The number of thioether (sulfide) groups is 1. The number of rotatable bonds is 5. The molecule has 108 valence electrons. The van der Waals surface area contributed by atoms with Gasteiger partial charge in [-0.1, -0.05) is 49.9 Å². The van der Waals surface area contributed by atoms with Crippen LogP contribution in [0.25, 0.3) is 0 Å². The van der Waals surface area contributed by atoms with Crippen molar-refractivity contribution in [2.75, 3.05) is 0 Å². The molecule has 2 rings (SSSR count). The maximum absolute atomic E-state index is 6.36. The fraction of sp³-hybridized carbons (Fsp3) is 0.467. The van der Waals surface area contributed by atoms with Crippen LogP contribution in [-0.4, -0.2) is 20.0 Å². The summed E-state index contributed by atoms with van der Waals surface area (Å²) in [6.07, 6.45) is 1.05. The standard InChI is InChI=1S/C15H22N4S/c1-5-12-6-8-13(9-7-12)14(16)10(2)20-15-18-17-11(3)19(15)4/h6-10,14H,5,16H2,1-4H3. The van der Waals surface area contributed by atoms with Crippen LogP contribution in [0.4, 0.5) is 0 Å². The van der Waals surface area contributed by atoms with Crippen LogP contribution in [0, 0.1) is 6.92 Å². The van der Waals surface area contributed by atoms with Crippen LogP contribution in [0.3, 0.4) is 0 Å². The highest BCUT2D eigenvalue weighted by molar-refractivity contribution is 7.99. The molecule has 0 bridgehead atoms. The average molecular weight is 290 g/mol. The molecule has 2 N–H and O–H groups in total. The molecular weight excluding hydrogens is 268 g/mol. The molecule has 5 heteroatoms. The van der Waals surface area contributed by atoms with Crippen LogP contribution in [0.1, 0.15) is 36.8 Å². The fourth-order valence-electron chi connectivity index (χ4n) is 1.98. The highest BCUT2D eigenvalue weighted by Gasteiger charge is 2.19. The van der Waals surface area contributed by atoms with Crippen LogP contribution in [0.5, 0.6) is 0 Å². The van der Waals surface area contributed by atoms with Crippen LogP contribution >= 0.6 is 11.8 Å². The summed E-state index contributed by atoms with van der Waals surface area (Å²) in [6.45, 7) is 6.24. The Morgan fingerprint density at radius 1 is 1.25 bits per heavy atom. The molecule has 1 heterocycles. The predicted octanol–water partition coefficient (Wildman–Crippen LogP) is 2.87. The van der Waals surface area contributed by atoms with Gasteiger partial charge in [0.25, 0.3) is 0 Å². The topological polar surface area (TPSA) is 56.7 Å². The number of aryl methyl sites for hydroxylation is 2. The van der Waals surface area contributed by atoms with Gasteiger partial charge in [0.05, 0.1) is 0 Å². The molecular formula is C15H22N4S. The average Bonchev–Trinajstić information content (AvgIpc) is 2.78. The van der Waals surface area contributed by atoms with E-state index in [1.165, 1.54) is 11.1 Å². The number of hydrogen-bond acceptors (Lipinski definition) is 4. The van der Waals surface area contributed by atoms with Crippen molar-refractivity contribution >= 4 is 11.8 Å². The van der Waals surface area contributed by atoms with Crippen LogP contribution in [0.2, 0.25) is 0 Å². The second kappa shape index (κ2) is 6.41. The molecule has 0 aliphatic heterocycles. The molecule has 0 aliphatic rings. The van der Waals surface area contributed by atoms with Crippen molar-refractivity contribution in [3.63, 3.8) is 0 Å². The lowest BCUT2D eigenvalue weighted by Gasteiger charge is -2.19. The van der Waals surface area contributed by atoms with Crippen LogP contribution in [0.15, 0.2) is 29.4 Å². The summed E-state index contributed by atoms with van der Waals surface area (Å²) in [5.41, 5.74) is 8.86. The first-order valence-corrected chi connectivity index (χ1v) is 7.78. The minimum atomic E-state index is -0.0112. The molecule has 1 aromatic carbocycles. The molecule has 2 atom stereocenters. The maximum Gasteiger partial charge on any atom is 0.191 e. The summed E-state index contributed by atoms with van der Waals surface area (Å²) >= 11 is 1.67. The van der Waals surface area contributed by atoms with Gasteiger partial charge in [0.2, 0.25) is 0 Å². The van der Waals surface area contributed by atoms with Gasteiger partial charge in [-0.05, 0) is 24.5 Å². The first-order chi connectivity index (χ1) is 9.52. The third-order valence-electron chi connectivity index (χ3n) is 3.62. The van der Waals surface area contributed by atoms with Crippen LogP contribution in [-0.2, 0) is 13.5 Å². The van der Waals surface area contributed by atoms with Gasteiger partial charge in [-0.2, -0.15) is 0 Å². The first-order valence-electron chi connectivity index (χ1n) is 6.90. The molecule has 0 fully saturated rings. The molecule has 20 heavy (non-hydrogen) atoms. The maximum atomic E-state index is 6.36. The van der Waals surface area contributed by atoms with E-state index in [2.05, 4.69) is 48.3 Å². The van der Waals surface area contributed by atoms with Gasteiger partial charge in [0.15, 0.2) is 5.16 Å². The van der Waals surface area contributed by atoms with Crippen molar-refractivity contribution < 1.29 is 0 Å². The minimum absolute atomic E-state index is 0.0112. The number of aromatic nitrogens is 3. The van der Waals surface area contributed by atoms with Crippen molar-refractivity contribution in [3.8, 4) is 0 Å². The van der Waals surface area contributed by atoms with E-state index in [1.807, 2.05) is 18.5 Å². The summed E-state index contributed by atoms with van der Waals surface area (Å²) in [6, 6.07) is 8.55. The summed E-state index contributed by atoms with van der Waals surface area (Å²) in [5.74, 6) is 0.917. The number of nitrogens with two attached hydrogens (primary N) is 1. The number of hydrogen-bond donors (Lipinski definition) is 1. The van der Waals surface area contributed by atoms with E-state index in [4.69, 9.17) is 5.73 Å². The molecule has 0 spiro atoms.